The molecule has 0 spiro atoms. The first-order valence-corrected chi connectivity index (χ1v) is 24.0. The van der Waals surface area contributed by atoms with Crippen LogP contribution in [0.5, 0.6) is 0 Å². The minimum Gasteiger partial charge on any atom is -0.456 e. The van der Waals surface area contributed by atoms with Crippen LogP contribution in [0.4, 0.5) is 17.1 Å². The zero-order chi connectivity index (χ0) is 44.7. The Hall–Kier alpha value is -8.70. The van der Waals surface area contributed by atoms with E-state index in [4.69, 9.17) is 4.42 Å². The minimum atomic E-state index is 0.903. The van der Waals surface area contributed by atoms with Crippen molar-refractivity contribution < 1.29 is 4.42 Å². The van der Waals surface area contributed by atoms with Crippen molar-refractivity contribution in [1.82, 2.24) is 4.57 Å². The van der Waals surface area contributed by atoms with Crippen LogP contribution in [-0.2, 0) is 0 Å². The van der Waals surface area contributed by atoms with E-state index in [0.29, 0.717) is 0 Å². The standard InChI is InChI=1S/C64H40N2OS/c1-2-11-48(12-3-1)66-59-35-25-45(38-56(59)55-34-24-44-10-4-5-13-52(44)64(55)66)41-18-28-49(29-19-41)65(50-30-20-42(21-31-50)46-26-36-61-57(39-46)53-14-6-8-16-60(53)67-61)51-32-22-43(23-33-51)47-27-37-63-58(40-47)54-15-7-9-17-62(54)68-63/h1-40H. The molecule has 68 heavy (non-hydrogen) atoms. The second kappa shape index (κ2) is 15.5. The van der Waals surface area contributed by atoms with E-state index in [0.717, 1.165) is 55.8 Å². The lowest BCUT2D eigenvalue weighted by molar-refractivity contribution is 0.669. The van der Waals surface area contributed by atoms with Crippen LogP contribution in [0.25, 0.3) is 114 Å². The summed E-state index contributed by atoms with van der Waals surface area (Å²) in [7, 11) is 0. The van der Waals surface area contributed by atoms with Gasteiger partial charge in [-0.2, -0.15) is 0 Å². The average Bonchev–Trinajstić information content (AvgIpc) is 4.09. The van der Waals surface area contributed by atoms with Crippen molar-refractivity contribution in [3.8, 4) is 39.1 Å². The van der Waals surface area contributed by atoms with Gasteiger partial charge in [-0.15, -0.1) is 11.3 Å². The molecule has 0 N–H and O–H groups in total. The zero-order valence-corrected chi connectivity index (χ0v) is 37.6. The molecular weight excluding hydrogens is 845 g/mol. The van der Waals surface area contributed by atoms with Gasteiger partial charge in [-0.3, -0.25) is 0 Å². The van der Waals surface area contributed by atoms with Crippen LogP contribution >= 0.6 is 11.3 Å². The van der Waals surface area contributed by atoms with Gasteiger partial charge in [0.05, 0.1) is 11.0 Å². The number of aromatic nitrogens is 1. The Bertz CT molecular complexity index is 4080. The Labute approximate surface area is 396 Å². The summed E-state index contributed by atoms with van der Waals surface area (Å²) in [6.45, 7) is 0. The van der Waals surface area contributed by atoms with Gasteiger partial charge in [-0.05, 0) is 136 Å². The molecule has 14 rings (SSSR count). The third-order valence-corrected chi connectivity index (χ3v) is 14.9. The van der Waals surface area contributed by atoms with Gasteiger partial charge in [0.15, 0.2) is 0 Å². The highest BCUT2D eigenvalue weighted by atomic mass is 32.1. The van der Waals surface area contributed by atoms with Crippen LogP contribution in [0, 0.1) is 0 Å². The third-order valence-electron chi connectivity index (χ3n) is 13.8. The van der Waals surface area contributed by atoms with E-state index in [1.54, 1.807) is 0 Å². The number of benzene rings is 11. The number of fused-ring (bicyclic) bond motifs is 11. The first kappa shape index (κ1) is 38.6. The number of rotatable bonds is 7. The molecule has 3 nitrogen and oxygen atoms in total. The van der Waals surface area contributed by atoms with Gasteiger partial charge in [-0.1, -0.05) is 146 Å². The summed E-state index contributed by atoms with van der Waals surface area (Å²) >= 11 is 1.86. The second-order valence-electron chi connectivity index (χ2n) is 17.7. The van der Waals surface area contributed by atoms with Gasteiger partial charge in [0, 0.05) is 69.9 Å². The number of nitrogens with zero attached hydrogens (tertiary/aromatic N) is 2. The van der Waals surface area contributed by atoms with Crippen LogP contribution in [0.1, 0.15) is 0 Å². The fourth-order valence-electron chi connectivity index (χ4n) is 10.5. The largest absolute Gasteiger partial charge is 0.456 e. The van der Waals surface area contributed by atoms with Crippen molar-refractivity contribution in [2.45, 2.75) is 0 Å². The molecule has 0 aliphatic carbocycles. The molecule has 0 fully saturated rings. The van der Waals surface area contributed by atoms with Gasteiger partial charge in [0.2, 0.25) is 0 Å². The minimum absolute atomic E-state index is 0.903. The van der Waals surface area contributed by atoms with Gasteiger partial charge >= 0.3 is 0 Å². The lowest BCUT2D eigenvalue weighted by atomic mass is 10.00. The summed E-state index contributed by atoms with van der Waals surface area (Å²) in [5.41, 5.74) is 15.7. The van der Waals surface area contributed by atoms with Gasteiger partial charge in [-0.25, -0.2) is 0 Å². The summed E-state index contributed by atoms with van der Waals surface area (Å²) in [4.78, 5) is 2.36. The van der Waals surface area contributed by atoms with E-state index < -0.39 is 0 Å². The molecule has 0 saturated heterocycles. The fourth-order valence-corrected chi connectivity index (χ4v) is 11.6. The molecule has 4 heteroatoms. The number of furan rings is 1. The molecule has 0 atom stereocenters. The summed E-state index contributed by atoms with van der Waals surface area (Å²) in [5, 5.41) is 9.87. The third kappa shape index (κ3) is 6.26. The Balaban J connectivity index is 0.855. The van der Waals surface area contributed by atoms with Crippen molar-refractivity contribution in [2.75, 3.05) is 4.90 Å². The van der Waals surface area contributed by atoms with Crippen LogP contribution in [-0.4, -0.2) is 4.57 Å². The van der Waals surface area contributed by atoms with Gasteiger partial charge in [0.1, 0.15) is 11.2 Å². The molecular formula is C64H40N2OS. The quantitative estimate of drug-likeness (QED) is 0.159. The fraction of sp³-hybridized carbons (Fsp3) is 0. The predicted molar refractivity (Wildman–Crippen MR) is 289 cm³/mol. The normalized spacial score (nSPS) is 11.8. The molecule has 0 aliphatic heterocycles. The van der Waals surface area contributed by atoms with Crippen LogP contribution in [0.3, 0.4) is 0 Å². The van der Waals surface area contributed by atoms with E-state index in [-0.39, 0.29) is 0 Å². The first-order valence-electron chi connectivity index (χ1n) is 23.1. The summed E-state index contributed by atoms with van der Waals surface area (Å²) in [6.07, 6.45) is 0. The molecule has 0 amide bonds. The number of hydrogen-bond acceptors (Lipinski definition) is 3. The lowest BCUT2D eigenvalue weighted by Gasteiger charge is -2.26. The molecule has 14 aromatic rings. The maximum atomic E-state index is 6.16. The number of thiophene rings is 1. The maximum absolute atomic E-state index is 6.16. The Morgan fingerprint density at radius 2 is 0.838 bits per heavy atom. The molecule has 3 heterocycles. The molecule has 0 unspecified atom stereocenters. The zero-order valence-electron chi connectivity index (χ0n) is 36.8. The molecule has 0 bridgehead atoms. The van der Waals surface area contributed by atoms with E-state index >= 15 is 0 Å². The highest BCUT2D eigenvalue weighted by Crippen LogP contribution is 2.42. The monoisotopic (exact) mass is 884 g/mol. The smallest absolute Gasteiger partial charge is 0.135 e. The number of anilines is 3. The van der Waals surface area contributed by atoms with Crippen LogP contribution in [0.15, 0.2) is 247 Å². The topological polar surface area (TPSA) is 21.3 Å². The second-order valence-corrected chi connectivity index (χ2v) is 18.8. The molecule has 0 aliphatic rings. The molecule has 0 saturated carbocycles. The van der Waals surface area contributed by atoms with Gasteiger partial charge in [0.25, 0.3) is 0 Å². The number of para-hydroxylation sites is 2. The van der Waals surface area contributed by atoms with Gasteiger partial charge < -0.3 is 13.9 Å². The van der Waals surface area contributed by atoms with Crippen molar-refractivity contribution in [3.63, 3.8) is 0 Å². The summed E-state index contributed by atoms with van der Waals surface area (Å²) < 4.78 is 11.2. The van der Waals surface area contributed by atoms with E-state index in [1.807, 2.05) is 23.5 Å². The van der Waals surface area contributed by atoms with Crippen molar-refractivity contribution in [1.29, 1.82) is 0 Å². The average molecular weight is 885 g/mol. The van der Waals surface area contributed by atoms with Crippen molar-refractivity contribution >= 4 is 103 Å². The molecule has 3 aromatic heterocycles. The first-order chi connectivity index (χ1) is 33.7. The van der Waals surface area contributed by atoms with E-state index in [1.165, 1.54) is 75.0 Å². The van der Waals surface area contributed by atoms with E-state index in [2.05, 4.69) is 240 Å². The maximum Gasteiger partial charge on any atom is 0.135 e. The van der Waals surface area contributed by atoms with Crippen LogP contribution in [0.2, 0.25) is 0 Å². The SMILES string of the molecule is c1ccc(-n2c3ccc(-c4ccc(N(c5ccc(-c6ccc7oc8ccccc8c7c6)cc5)c5ccc(-c6ccc7sc8ccccc8c7c6)cc5)cc4)cc3c3ccc4ccccc4c32)cc1. The Morgan fingerprint density at radius 1 is 0.324 bits per heavy atom. The lowest BCUT2D eigenvalue weighted by Crippen LogP contribution is -2.09. The molecule has 0 radical (unpaired) electrons. The Morgan fingerprint density at radius 3 is 1.54 bits per heavy atom. The highest BCUT2D eigenvalue weighted by Gasteiger charge is 2.18. The summed E-state index contributed by atoms with van der Waals surface area (Å²) in [5.74, 6) is 0. The van der Waals surface area contributed by atoms with Crippen molar-refractivity contribution in [3.05, 3.63) is 243 Å². The highest BCUT2D eigenvalue weighted by molar-refractivity contribution is 7.25. The molecule has 11 aromatic carbocycles. The predicted octanol–water partition coefficient (Wildman–Crippen LogP) is 18.7. The summed E-state index contributed by atoms with van der Waals surface area (Å²) in [6, 6.07) is 88.3. The molecule has 318 valence electrons. The Kier molecular flexibility index (Phi) is 8.76. The van der Waals surface area contributed by atoms with Crippen LogP contribution < -0.4 is 4.90 Å². The van der Waals surface area contributed by atoms with Crippen molar-refractivity contribution in [2.24, 2.45) is 0 Å². The van der Waals surface area contributed by atoms with E-state index in [9.17, 15) is 0 Å². The number of hydrogen-bond donors (Lipinski definition) is 0.